The van der Waals surface area contributed by atoms with Crippen LogP contribution in [0.3, 0.4) is 0 Å². The molecule has 2 heterocycles. The Morgan fingerprint density at radius 2 is 2.45 bits per heavy atom. The van der Waals surface area contributed by atoms with E-state index >= 15 is 0 Å². The second-order valence-corrected chi connectivity index (χ2v) is 5.69. The zero-order valence-corrected chi connectivity index (χ0v) is 12.0. The number of rotatable bonds is 4. The third-order valence-corrected chi connectivity index (χ3v) is 4.05. The number of carboxylic acid groups (broad SMARTS) is 1. The van der Waals surface area contributed by atoms with Gasteiger partial charge in [0.05, 0.1) is 25.2 Å². The molecule has 8 heteroatoms. The maximum absolute atomic E-state index is 12.1. The van der Waals surface area contributed by atoms with Crippen LogP contribution >= 0.6 is 11.8 Å². The molecule has 1 atom stereocenters. The van der Waals surface area contributed by atoms with E-state index in [1.807, 2.05) is 0 Å². The summed E-state index contributed by atoms with van der Waals surface area (Å²) < 4.78 is 5.27. The van der Waals surface area contributed by atoms with Crippen LogP contribution in [0.2, 0.25) is 0 Å². The summed E-state index contributed by atoms with van der Waals surface area (Å²) in [5, 5.41) is 11.6. The Kier molecular flexibility index (Phi) is 4.89. The Bertz CT molecular complexity index is 491. The average molecular weight is 299 g/mol. The van der Waals surface area contributed by atoms with Crippen LogP contribution in [0.5, 0.6) is 0 Å². The summed E-state index contributed by atoms with van der Waals surface area (Å²) in [6.07, 6.45) is 1.56. The number of aliphatic carboxylic acids is 1. The van der Waals surface area contributed by atoms with Crippen LogP contribution in [0.1, 0.15) is 18.1 Å². The van der Waals surface area contributed by atoms with Crippen LogP contribution in [0, 0.1) is 6.92 Å². The van der Waals surface area contributed by atoms with Crippen molar-refractivity contribution in [3.05, 3.63) is 17.8 Å². The first kappa shape index (κ1) is 14.7. The van der Waals surface area contributed by atoms with Crippen LogP contribution in [-0.4, -0.2) is 51.1 Å². The van der Waals surface area contributed by atoms with Crippen molar-refractivity contribution >= 4 is 23.8 Å². The molecule has 1 aromatic rings. The highest BCUT2D eigenvalue weighted by Gasteiger charge is 2.28. The van der Waals surface area contributed by atoms with Gasteiger partial charge in [-0.1, -0.05) is 0 Å². The van der Waals surface area contributed by atoms with Crippen molar-refractivity contribution in [3.8, 4) is 0 Å². The van der Waals surface area contributed by atoms with Gasteiger partial charge in [-0.15, -0.1) is 0 Å². The number of carbonyl (C=O) groups is 2. The molecule has 1 unspecified atom stereocenters. The van der Waals surface area contributed by atoms with Gasteiger partial charge in [-0.05, 0) is 6.92 Å². The lowest BCUT2D eigenvalue weighted by Crippen LogP contribution is -2.51. The molecule has 0 spiro atoms. The van der Waals surface area contributed by atoms with Crippen molar-refractivity contribution in [1.82, 2.24) is 15.2 Å². The fourth-order valence-electron chi connectivity index (χ4n) is 2.03. The first-order valence-corrected chi connectivity index (χ1v) is 7.47. The number of aromatic nitrogens is 1. The molecule has 0 aromatic carbocycles. The molecule has 20 heavy (non-hydrogen) atoms. The number of carbonyl (C=O) groups excluding carboxylic acids is 1. The van der Waals surface area contributed by atoms with Gasteiger partial charge in [-0.3, -0.25) is 4.79 Å². The summed E-state index contributed by atoms with van der Waals surface area (Å²) in [5.74, 6) is 1.71. The number of hydrogen-bond donors (Lipinski definition) is 2. The number of oxazole rings is 1. The molecule has 0 aliphatic carbocycles. The van der Waals surface area contributed by atoms with Crippen molar-refractivity contribution in [3.63, 3.8) is 0 Å². The van der Waals surface area contributed by atoms with E-state index in [0.717, 1.165) is 5.75 Å². The van der Waals surface area contributed by atoms with Gasteiger partial charge in [0.1, 0.15) is 5.76 Å². The van der Waals surface area contributed by atoms with E-state index in [9.17, 15) is 9.59 Å². The van der Waals surface area contributed by atoms with Crippen LogP contribution < -0.4 is 5.32 Å². The van der Waals surface area contributed by atoms with Gasteiger partial charge in [0.25, 0.3) is 0 Å². The van der Waals surface area contributed by atoms with Crippen molar-refractivity contribution < 1.29 is 19.1 Å². The predicted molar refractivity (Wildman–Crippen MR) is 73.5 cm³/mol. The lowest BCUT2D eigenvalue weighted by Gasteiger charge is -2.34. The van der Waals surface area contributed by atoms with E-state index in [1.165, 1.54) is 0 Å². The number of aryl methyl sites for hydroxylation is 1. The highest BCUT2D eigenvalue weighted by atomic mass is 32.2. The summed E-state index contributed by atoms with van der Waals surface area (Å²) in [6.45, 7) is 2.54. The largest absolute Gasteiger partial charge is 0.481 e. The first-order valence-electron chi connectivity index (χ1n) is 6.31. The molecule has 0 radical (unpaired) electrons. The van der Waals surface area contributed by atoms with E-state index in [2.05, 4.69) is 10.3 Å². The summed E-state index contributed by atoms with van der Waals surface area (Å²) in [4.78, 5) is 28.5. The monoisotopic (exact) mass is 299 g/mol. The van der Waals surface area contributed by atoms with Crippen molar-refractivity contribution in [2.75, 3.05) is 18.1 Å². The van der Waals surface area contributed by atoms with Crippen LogP contribution in [0.25, 0.3) is 0 Å². The topological polar surface area (TPSA) is 95.7 Å². The molecule has 1 aromatic heterocycles. The molecule has 1 aliphatic rings. The number of urea groups is 1. The van der Waals surface area contributed by atoms with Crippen molar-refractivity contribution in [2.45, 2.75) is 25.9 Å². The number of nitrogens with one attached hydrogen (secondary N) is 1. The maximum Gasteiger partial charge on any atom is 0.318 e. The lowest BCUT2D eigenvalue weighted by atomic mass is 10.2. The minimum absolute atomic E-state index is 0.0292. The quantitative estimate of drug-likeness (QED) is 0.864. The molecule has 110 valence electrons. The van der Waals surface area contributed by atoms with Gasteiger partial charge in [0.2, 0.25) is 5.89 Å². The van der Waals surface area contributed by atoms with E-state index in [0.29, 0.717) is 23.9 Å². The number of amides is 2. The van der Waals surface area contributed by atoms with E-state index in [-0.39, 0.29) is 25.0 Å². The third kappa shape index (κ3) is 3.89. The SMILES string of the molecule is Cc1cnc(CNC(=O)N2CCSCC2CC(=O)O)o1. The number of carboxylic acids is 1. The summed E-state index contributed by atoms with van der Waals surface area (Å²) in [7, 11) is 0. The second kappa shape index (κ2) is 6.65. The Labute approximate surface area is 120 Å². The van der Waals surface area contributed by atoms with Gasteiger partial charge in [-0.25, -0.2) is 9.78 Å². The van der Waals surface area contributed by atoms with Gasteiger partial charge < -0.3 is 19.7 Å². The lowest BCUT2D eigenvalue weighted by molar-refractivity contribution is -0.138. The molecule has 0 saturated carbocycles. The average Bonchev–Trinajstić information content (AvgIpc) is 2.82. The maximum atomic E-state index is 12.1. The van der Waals surface area contributed by atoms with E-state index in [1.54, 1.807) is 29.8 Å². The zero-order chi connectivity index (χ0) is 14.5. The van der Waals surface area contributed by atoms with E-state index < -0.39 is 5.97 Å². The molecular weight excluding hydrogens is 282 g/mol. The number of nitrogens with zero attached hydrogens (tertiary/aromatic N) is 2. The molecule has 1 aliphatic heterocycles. The van der Waals surface area contributed by atoms with Crippen LogP contribution in [0.15, 0.2) is 10.6 Å². The van der Waals surface area contributed by atoms with Gasteiger partial charge in [0.15, 0.2) is 0 Å². The first-order chi connectivity index (χ1) is 9.56. The molecule has 2 rings (SSSR count). The minimum Gasteiger partial charge on any atom is -0.481 e. The fraction of sp³-hybridized carbons (Fsp3) is 0.583. The standard InChI is InChI=1S/C12H17N3O4S/c1-8-5-13-10(19-8)6-14-12(18)15-2-3-20-7-9(15)4-11(16)17/h5,9H,2-4,6-7H2,1H3,(H,14,18)(H,16,17). The zero-order valence-electron chi connectivity index (χ0n) is 11.2. The predicted octanol–water partition coefficient (Wildman–Crippen LogP) is 1.08. The van der Waals surface area contributed by atoms with Crippen LogP contribution in [-0.2, 0) is 11.3 Å². The fourth-order valence-corrected chi connectivity index (χ4v) is 3.09. The number of thioether (sulfide) groups is 1. The second-order valence-electron chi connectivity index (χ2n) is 4.54. The van der Waals surface area contributed by atoms with E-state index in [4.69, 9.17) is 9.52 Å². The molecule has 0 bridgehead atoms. The highest BCUT2D eigenvalue weighted by molar-refractivity contribution is 7.99. The number of hydrogen-bond acceptors (Lipinski definition) is 5. The molecule has 1 saturated heterocycles. The molecule has 2 amide bonds. The Hall–Kier alpha value is -1.70. The molecule has 2 N–H and O–H groups in total. The highest BCUT2D eigenvalue weighted by Crippen LogP contribution is 2.19. The van der Waals surface area contributed by atoms with Crippen molar-refractivity contribution in [2.24, 2.45) is 0 Å². The smallest absolute Gasteiger partial charge is 0.318 e. The summed E-state index contributed by atoms with van der Waals surface area (Å²) >= 11 is 1.67. The molecule has 7 nitrogen and oxygen atoms in total. The van der Waals surface area contributed by atoms with Gasteiger partial charge >= 0.3 is 12.0 Å². The molecule has 1 fully saturated rings. The van der Waals surface area contributed by atoms with Gasteiger partial charge in [0, 0.05) is 18.1 Å². The third-order valence-electron chi connectivity index (χ3n) is 2.96. The Morgan fingerprint density at radius 1 is 1.65 bits per heavy atom. The van der Waals surface area contributed by atoms with Crippen molar-refractivity contribution in [1.29, 1.82) is 0 Å². The minimum atomic E-state index is -0.890. The Morgan fingerprint density at radius 3 is 3.10 bits per heavy atom. The summed E-state index contributed by atoms with van der Waals surface area (Å²) in [6, 6.07) is -0.537. The normalized spacial score (nSPS) is 18.9. The Balaban J connectivity index is 1.90. The van der Waals surface area contributed by atoms with Gasteiger partial charge in [-0.2, -0.15) is 11.8 Å². The molecular formula is C12H17N3O4S. The summed E-state index contributed by atoms with van der Waals surface area (Å²) in [5.41, 5.74) is 0. The van der Waals surface area contributed by atoms with Crippen LogP contribution in [0.4, 0.5) is 4.79 Å².